The summed E-state index contributed by atoms with van der Waals surface area (Å²) in [5.74, 6) is -0.110. The van der Waals surface area contributed by atoms with Gasteiger partial charge in [0.25, 0.3) is 0 Å². The van der Waals surface area contributed by atoms with Crippen molar-refractivity contribution >= 4 is 21.9 Å². The van der Waals surface area contributed by atoms with Crippen LogP contribution < -0.4 is 19.9 Å². The molecule has 9 heteroatoms. The predicted octanol–water partition coefficient (Wildman–Crippen LogP) is 2.93. The van der Waals surface area contributed by atoms with Crippen LogP contribution in [0.25, 0.3) is 0 Å². The number of esters is 1. The standard InChI is InChI=1S/C20H17BrN2O6/c1-26-16-6-12(14(21)7-17(16)28-9-18(25)27-2)19-11-4-3-10(24)5-15(11)29-20(23)13(19)8-22/h3-7,19,24H,9,23H2,1-2H3/t19-/m1/s1. The van der Waals surface area contributed by atoms with Crippen LogP contribution in [0.2, 0.25) is 0 Å². The zero-order valence-electron chi connectivity index (χ0n) is 15.6. The number of halogens is 1. The number of phenolic OH excluding ortho intramolecular Hbond substituents is 1. The van der Waals surface area contributed by atoms with E-state index in [9.17, 15) is 15.2 Å². The summed E-state index contributed by atoms with van der Waals surface area (Å²) in [4.78, 5) is 11.4. The van der Waals surface area contributed by atoms with Crippen LogP contribution in [0.5, 0.6) is 23.0 Å². The molecular formula is C20H17BrN2O6. The van der Waals surface area contributed by atoms with Gasteiger partial charge in [-0.3, -0.25) is 0 Å². The van der Waals surface area contributed by atoms with Gasteiger partial charge in [-0.25, -0.2) is 4.79 Å². The molecule has 0 saturated carbocycles. The average molecular weight is 461 g/mol. The van der Waals surface area contributed by atoms with Crippen molar-refractivity contribution < 1.29 is 28.8 Å². The van der Waals surface area contributed by atoms with E-state index in [2.05, 4.69) is 26.7 Å². The van der Waals surface area contributed by atoms with Crippen LogP contribution >= 0.6 is 15.9 Å². The number of phenols is 1. The first-order valence-electron chi connectivity index (χ1n) is 8.37. The van der Waals surface area contributed by atoms with Gasteiger partial charge in [0, 0.05) is 16.1 Å². The number of carbonyl (C=O) groups excluding carboxylic acids is 1. The molecule has 29 heavy (non-hydrogen) atoms. The zero-order valence-corrected chi connectivity index (χ0v) is 17.1. The van der Waals surface area contributed by atoms with Crippen molar-refractivity contribution in [3.05, 3.63) is 57.4 Å². The molecule has 150 valence electrons. The fourth-order valence-electron chi connectivity index (χ4n) is 3.00. The first-order chi connectivity index (χ1) is 13.9. The second kappa shape index (κ2) is 8.32. The number of hydrogen-bond acceptors (Lipinski definition) is 8. The Morgan fingerprint density at radius 1 is 1.28 bits per heavy atom. The molecule has 1 aliphatic rings. The van der Waals surface area contributed by atoms with Crippen molar-refractivity contribution in [3.8, 4) is 29.1 Å². The van der Waals surface area contributed by atoms with Gasteiger partial charge in [-0.05, 0) is 23.8 Å². The monoisotopic (exact) mass is 460 g/mol. The van der Waals surface area contributed by atoms with Crippen LogP contribution in [0.3, 0.4) is 0 Å². The molecule has 0 bridgehead atoms. The lowest BCUT2D eigenvalue weighted by molar-refractivity contribution is -0.142. The number of aromatic hydroxyl groups is 1. The number of carbonyl (C=O) groups is 1. The quantitative estimate of drug-likeness (QED) is 0.652. The summed E-state index contributed by atoms with van der Waals surface area (Å²) in [6.07, 6.45) is 0. The molecule has 0 spiro atoms. The van der Waals surface area contributed by atoms with Crippen molar-refractivity contribution in [3.63, 3.8) is 0 Å². The third-order valence-corrected chi connectivity index (χ3v) is 5.06. The van der Waals surface area contributed by atoms with Gasteiger partial charge in [0.2, 0.25) is 5.88 Å². The number of allylic oxidation sites excluding steroid dienone is 1. The Morgan fingerprint density at radius 2 is 2.03 bits per heavy atom. The second-order valence-corrected chi connectivity index (χ2v) is 6.89. The molecule has 0 radical (unpaired) electrons. The Bertz CT molecular complexity index is 1040. The summed E-state index contributed by atoms with van der Waals surface area (Å²) in [5, 5.41) is 19.4. The van der Waals surface area contributed by atoms with Gasteiger partial charge in [-0.15, -0.1) is 0 Å². The maximum absolute atomic E-state index is 11.4. The number of nitriles is 1. The van der Waals surface area contributed by atoms with Gasteiger partial charge in [0.15, 0.2) is 18.1 Å². The number of rotatable bonds is 5. The van der Waals surface area contributed by atoms with Gasteiger partial charge in [-0.2, -0.15) is 5.26 Å². The van der Waals surface area contributed by atoms with Crippen LogP contribution in [-0.2, 0) is 9.53 Å². The van der Waals surface area contributed by atoms with Gasteiger partial charge >= 0.3 is 5.97 Å². The highest BCUT2D eigenvalue weighted by Gasteiger charge is 2.33. The van der Waals surface area contributed by atoms with E-state index in [1.165, 1.54) is 26.4 Å². The number of ether oxygens (including phenoxy) is 4. The highest BCUT2D eigenvalue weighted by Crippen LogP contribution is 2.47. The van der Waals surface area contributed by atoms with Gasteiger partial charge < -0.3 is 29.8 Å². The topological polar surface area (TPSA) is 124 Å². The highest BCUT2D eigenvalue weighted by molar-refractivity contribution is 9.10. The largest absolute Gasteiger partial charge is 0.508 e. The van der Waals surface area contributed by atoms with E-state index in [1.54, 1.807) is 18.2 Å². The Hall–Kier alpha value is -3.38. The lowest BCUT2D eigenvalue weighted by atomic mass is 9.83. The van der Waals surface area contributed by atoms with E-state index >= 15 is 0 Å². The molecule has 8 nitrogen and oxygen atoms in total. The molecule has 0 fully saturated rings. The van der Waals surface area contributed by atoms with E-state index in [0.29, 0.717) is 32.8 Å². The molecule has 1 atom stereocenters. The molecule has 0 amide bonds. The molecule has 0 aliphatic carbocycles. The minimum absolute atomic E-state index is 0.0129. The molecule has 1 heterocycles. The Balaban J connectivity index is 2.12. The molecule has 0 aromatic heterocycles. The number of methoxy groups -OCH3 is 2. The molecule has 1 aliphatic heterocycles. The SMILES string of the molecule is COC(=O)COc1cc(Br)c([C@@H]2C(C#N)=C(N)Oc3cc(O)ccc32)cc1OC. The summed E-state index contributed by atoms with van der Waals surface area (Å²) < 4.78 is 21.6. The molecular weight excluding hydrogens is 444 g/mol. The minimum atomic E-state index is -0.567. The molecule has 0 saturated heterocycles. The third kappa shape index (κ3) is 3.93. The van der Waals surface area contributed by atoms with E-state index in [0.717, 1.165) is 0 Å². The smallest absolute Gasteiger partial charge is 0.343 e. The van der Waals surface area contributed by atoms with E-state index in [-0.39, 0.29) is 23.8 Å². The number of nitrogens with two attached hydrogens (primary N) is 1. The van der Waals surface area contributed by atoms with Crippen LogP contribution in [0, 0.1) is 11.3 Å². The predicted molar refractivity (Wildman–Crippen MR) is 106 cm³/mol. The Morgan fingerprint density at radius 3 is 2.69 bits per heavy atom. The van der Waals surface area contributed by atoms with Gasteiger partial charge in [0.05, 0.1) is 20.1 Å². The van der Waals surface area contributed by atoms with Crippen LogP contribution in [0.15, 0.2) is 46.3 Å². The van der Waals surface area contributed by atoms with Gasteiger partial charge in [-0.1, -0.05) is 22.0 Å². The van der Waals surface area contributed by atoms with E-state index in [1.807, 2.05) is 0 Å². The van der Waals surface area contributed by atoms with Crippen molar-refractivity contribution in [2.75, 3.05) is 20.8 Å². The number of nitrogens with zero attached hydrogens (tertiary/aromatic N) is 1. The summed E-state index contributed by atoms with van der Waals surface area (Å²) >= 11 is 3.50. The van der Waals surface area contributed by atoms with Crippen molar-refractivity contribution in [2.45, 2.75) is 5.92 Å². The lowest BCUT2D eigenvalue weighted by Crippen LogP contribution is -2.21. The highest BCUT2D eigenvalue weighted by atomic mass is 79.9. The first kappa shape index (κ1) is 20.4. The van der Waals surface area contributed by atoms with Crippen LogP contribution in [0.1, 0.15) is 17.0 Å². The maximum atomic E-state index is 11.4. The maximum Gasteiger partial charge on any atom is 0.343 e. The summed E-state index contributed by atoms with van der Waals surface area (Å²) in [7, 11) is 2.73. The summed E-state index contributed by atoms with van der Waals surface area (Å²) in [5.41, 5.74) is 7.50. The second-order valence-electron chi connectivity index (χ2n) is 6.04. The van der Waals surface area contributed by atoms with Crippen molar-refractivity contribution in [1.82, 2.24) is 0 Å². The number of benzene rings is 2. The van der Waals surface area contributed by atoms with Crippen LogP contribution in [0.4, 0.5) is 0 Å². The minimum Gasteiger partial charge on any atom is -0.508 e. The molecule has 0 unspecified atom stereocenters. The van der Waals surface area contributed by atoms with Crippen molar-refractivity contribution in [2.24, 2.45) is 5.73 Å². The Labute approximate surface area is 175 Å². The van der Waals surface area contributed by atoms with Crippen LogP contribution in [-0.4, -0.2) is 31.9 Å². The molecule has 3 N–H and O–H groups in total. The zero-order chi connectivity index (χ0) is 21.1. The molecule has 2 aromatic carbocycles. The fourth-order valence-corrected chi connectivity index (χ4v) is 3.56. The van der Waals surface area contributed by atoms with Gasteiger partial charge in [0.1, 0.15) is 23.1 Å². The third-order valence-electron chi connectivity index (χ3n) is 4.37. The fraction of sp³-hybridized carbons (Fsp3) is 0.200. The average Bonchev–Trinajstić information content (AvgIpc) is 2.71. The van der Waals surface area contributed by atoms with E-state index in [4.69, 9.17) is 19.9 Å². The number of hydrogen-bond donors (Lipinski definition) is 2. The van der Waals surface area contributed by atoms with E-state index < -0.39 is 11.9 Å². The first-order valence-corrected chi connectivity index (χ1v) is 9.16. The molecule has 3 rings (SSSR count). The summed E-state index contributed by atoms with van der Waals surface area (Å²) in [6.45, 7) is -0.283. The molecule has 2 aromatic rings. The normalized spacial score (nSPS) is 15.0. The lowest BCUT2D eigenvalue weighted by Gasteiger charge is -2.27. The number of fused-ring (bicyclic) bond motifs is 1. The Kier molecular flexibility index (Phi) is 5.84. The van der Waals surface area contributed by atoms with Crippen molar-refractivity contribution in [1.29, 1.82) is 5.26 Å². The summed E-state index contributed by atoms with van der Waals surface area (Å²) in [6, 6.07) is 10.0.